The van der Waals surface area contributed by atoms with Crippen LogP contribution in [0.1, 0.15) is 23.4 Å². The van der Waals surface area contributed by atoms with Gasteiger partial charge in [0.1, 0.15) is 0 Å². The number of fused-ring (bicyclic) bond motifs is 1. The summed E-state index contributed by atoms with van der Waals surface area (Å²) in [7, 11) is 1.55. The molecule has 0 saturated carbocycles. The molecule has 138 valence electrons. The van der Waals surface area contributed by atoms with Gasteiger partial charge in [-0.2, -0.15) is 4.98 Å². The van der Waals surface area contributed by atoms with Gasteiger partial charge in [0.2, 0.25) is 11.7 Å². The fourth-order valence-electron chi connectivity index (χ4n) is 2.88. The largest absolute Gasteiger partial charge is 0.493 e. The topological polar surface area (TPSA) is 95.3 Å². The predicted molar refractivity (Wildman–Crippen MR) is 97.3 cm³/mol. The van der Waals surface area contributed by atoms with Crippen molar-refractivity contribution in [2.75, 3.05) is 7.11 Å². The van der Waals surface area contributed by atoms with Crippen molar-refractivity contribution < 1.29 is 18.5 Å². The average molecular weight is 366 g/mol. The Kier molecular flexibility index (Phi) is 4.37. The third-order valence-electron chi connectivity index (χ3n) is 4.22. The molecule has 0 saturated heterocycles. The monoisotopic (exact) mass is 366 g/mol. The molecule has 8 nitrogen and oxygen atoms in total. The van der Waals surface area contributed by atoms with Crippen molar-refractivity contribution >= 4 is 16.9 Å². The summed E-state index contributed by atoms with van der Waals surface area (Å²) in [6.45, 7) is 2.94. The van der Waals surface area contributed by atoms with Gasteiger partial charge in [0.05, 0.1) is 19.3 Å². The lowest BCUT2D eigenvalue weighted by molar-refractivity contribution is 0.0920. The molecule has 0 aliphatic carbocycles. The van der Waals surface area contributed by atoms with E-state index in [1.807, 2.05) is 42.0 Å². The first-order chi connectivity index (χ1) is 13.2. The van der Waals surface area contributed by atoms with Gasteiger partial charge >= 0.3 is 0 Å². The molecule has 1 aromatic carbocycles. The van der Waals surface area contributed by atoms with E-state index in [2.05, 4.69) is 15.5 Å². The van der Waals surface area contributed by atoms with Crippen LogP contribution < -0.4 is 10.1 Å². The van der Waals surface area contributed by atoms with E-state index in [-0.39, 0.29) is 18.2 Å². The van der Waals surface area contributed by atoms with Gasteiger partial charge in [-0.15, -0.1) is 0 Å². The minimum absolute atomic E-state index is 0.104. The Morgan fingerprint density at radius 1 is 1.30 bits per heavy atom. The summed E-state index contributed by atoms with van der Waals surface area (Å²) in [5.74, 6) is 1.20. The lowest BCUT2D eigenvalue weighted by Crippen LogP contribution is -2.22. The SMILES string of the molecule is CCn1cccc1-c1noc(CNC(=O)c2cc3cccc(OC)c3o2)n1. The number of benzene rings is 1. The number of rotatable bonds is 6. The van der Waals surface area contributed by atoms with Gasteiger partial charge in [0, 0.05) is 18.1 Å². The van der Waals surface area contributed by atoms with E-state index in [9.17, 15) is 4.79 Å². The highest BCUT2D eigenvalue weighted by Gasteiger charge is 2.17. The first-order valence-electron chi connectivity index (χ1n) is 8.52. The summed E-state index contributed by atoms with van der Waals surface area (Å²) >= 11 is 0. The first-order valence-corrected chi connectivity index (χ1v) is 8.52. The molecule has 0 unspecified atom stereocenters. The van der Waals surface area contributed by atoms with Crippen molar-refractivity contribution in [3.05, 3.63) is 54.2 Å². The van der Waals surface area contributed by atoms with Crippen LogP contribution in [0.2, 0.25) is 0 Å². The lowest BCUT2D eigenvalue weighted by atomic mass is 10.2. The van der Waals surface area contributed by atoms with Gasteiger partial charge in [0.15, 0.2) is 17.1 Å². The van der Waals surface area contributed by atoms with Crippen molar-refractivity contribution in [1.29, 1.82) is 0 Å². The molecule has 0 aliphatic heterocycles. The van der Waals surface area contributed by atoms with E-state index in [4.69, 9.17) is 13.7 Å². The summed E-state index contributed by atoms with van der Waals surface area (Å²) in [5.41, 5.74) is 1.40. The number of nitrogens with zero attached hydrogens (tertiary/aromatic N) is 3. The van der Waals surface area contributed by atoms with E-state index >= 15 is 0 Å². The smallest absolute Gasteiger partial charge is 0.287 e. The maximum absolute atomic E-state index is 12.4. The third kappa shape index (κ3) is 3.17. The number of ether oxygens (including phenoxy) is 1. The van der Waals surface area contributed by atoms with Crippen LogP contribution in [0, 0.1) is 0 Å². The van der Waals surface area contributed by atoms with Gasteiger partial charge in [0.25, 0.3) is 5.91 Å². The van der Waals surface area contributed by atoms with Gasteiger partial charge in [-0.3, -0.25) is 4.79 Å². The summed E-state index contributed by atoms with van der Waals surface area (Å²) in [5, 5.41) is 7.49. The van der Waals surface area contributed by atoms with Crippen LogP contribution in [0.3, 0.4) is 0 Å². The molecule has 3 aromatic heterocycles. The summed E-state index contributed by atoms with van der Waals surface area (Å²) in [6, 6.07) is 11.0. The van der Waals surface area contributed by atoms with Crippen LogP contribution in [0.5, 0.6) is 5.75 Å². The zero-order chi connectivity index (χ0) is 18.8. The maximum Gasteiger partial charge on any atom is 0.287 e. The first kappa shape index (κ1) is 16.9. The highest BCUT2D eigenvalue weighted by Crippen LogP contribution is 2.28. The number of aryl methyl sites for hydroxylation is 1. The summed E-state index contributed by atoms with van der Waals surface area (Å²) < 4.78 is 18.1. The second-order valence-electron chi connectivity index (χ2n) is 5.86. The Labute approximate surface area is 154 Å². The zero-order valence-corrected chi connectivity index (χ0v) is 14.9. The molecular weight excluding hydrogens is 348 g/mol. The van der Waals surface area contributed by atoms with E-state index in [1.54, 1.807) is 19.2 Å². The second-order valence-corrected chi connectivity index (χ2v) is 5.86. The van der Waals surface area contributed by atoms with Crippen LogP contribution in [0.15, 0.2) is 51.5 Å². The highest BCUT2D eigenvalue weighted by molar-refractivity contribution is 5.97. The molecule has 27 heavy (non-hydrogen) atoms. The number of hydrogen-bond acceptors (Lipinski definition) is 6. The molecular formula is C19H18N4O4. The fourth-order valence-corrected chi connectivity index (χ4v) is 2.88. The zero-order valence-electron chi connectivity index (χ0n) is 14.9. The number of furan rings is 1. The number of aromatic nitrogens is 3. The van der Waals surface area contributed by atoms with E-state index in [0.717, 1.165) is 17.6 Å². The molecule has 0 spiro atoms. The fraction of sp³-hybridized carbons (Fsp3) is 0.211. The molecule has 1 amide bonds. The van der Waals surface area contributed by atoms with Crippen molar-refractivity contribution in [2.24, 2.45) is 0 Å². The Balaban J connectivity index is 1.47. The number of carbonyl (C=O) groups excluding carboxylic acids is 1. The normalized spacial score (nSPS) is 11.0. The van der Waals surface area contributed by atoms with Gasteiger partial charge in [-0.1, -0.05) is 17.3 Å². The van der Waals surface area contributed by atoms with Crippen LogP contribution in [0.25, 0.3) is 22.5 Å². The van der Waals surface area contributed by atoms with Crippen molar-refractivity contribution in [2.45, 2.75) is 20.0 Å². The number of amides is 1. The molecule has 0 radical (unpaired) electrons. The number of hydrogen-bond donors (Lipinski definition) is 1. The number of methoxy groups -OCH3 is 1. The molecule has 0 bridgehead atoms. The van der Waals surface area contributed by atoms with Crippen LogP contribution in [-0.4, -0.2) is 27.7 Å². The van der Waals surface area contributed by atoms with Crippen LogP contribution >= 0.6 is 0 Å². The number of carbonyl (C=O) groups is 1. The molecule has 0 aliphatic rings. The Morgan fingerprint density at radius 2 is 2.19 bits per heavy atom. The Bertz CT molecular complexity index is 1090. The lowest BCUT2D eigenvalue weighted by Gasteiger charge is -2.00. The van der Waals surface area contributed by atoms with Gasteiger partial charge < -0.3 is 23.6 Å². The van der Waals surface area contributed by atoms with Crippen molar-refractivity contribution in [3.63, 3.8) is 0 Å². The van der Waals surface area contributed by atoms with Gasteiger partial charge in [-0.25, -0.2) is 0 Å². The molecule has 0 atom stereocenters. The maximum atomic E-state index is 12.4. The minimum Gasteiger partial charge on any atom is -0.493 e. The van der Waals surface area contributed by atoms with Gasteiger partial charge in [-0.05, 0) is 31.2 Å². The summed E-state index contributed by atoms with van der Waals surface area (Å²) in [6.07, 6.45) is 1.95. The van der Waals surface area contributed by atoms with E-state index in [1.165, 1.54) is 0 Å². The number of nitrogens with one attached hydrogen (secondary N) is 1. The van der Waals surface area contributed by atoms with Crippen LogP contribution in [0.4, 0.5) is 0 Å². The highest BCUT2D eigenvalue weighted by atomic mass is 16.5. The van der Waals surface area contributed by atoms with E-state index in [0.29, 0.717) is 23.0 Å². The standard InChI is InChI=1S/C19H18N4O4/c1-3-23-9-5-7-13(23)18-21-16(27-22-18)11-20-19(24)15-10-12-6-4-8-14(25-2)17(12)26-15/h4-10H,3,11H2,1-2H3,(H,20,24). The van der Waals surface area contributed by atoms with Crippen molar-refractivity contribution in [1.82, 2.24) is 20.0 Å². The van der Waals surface area contributed by atoms with Crippen molar-refractivity contribution in [3.8, 4) is 17.3 Å². The molecule has 4 rings (SSSR count). The number of para-hydroxylation sites is 1. The molecule has 1 N–H and O–H groups in total. The second kappa shape index (κ2) is 6.99. The molecule has 8 heteroatoms. The minimum atomic E-state index is -0.370. The molecule has 0 fully saturated rings. The third-order valence-corrected chi connectivity index (χ3v) is 4.22. The summed E-state index contributed by atoms with van der Waals surface area (Å²) in [4.78, 5) is 16.7. The van der Waals surface area contributed by atoms with E-state index < -0.39 is 0 Å². The Morgan fingerprint density at radius 3 is 3.00 bits per heavy atom. The molecule has 3 heterocycles. The average Bonchev–Trinajstić information content (AvgIpc) is 3.43. The quantitative estimate of drug-likeness (QED) is 0.563. The Hall–Kier alpha value is -3.55. The predicted octanol–water partition coefficient (Wildman–Crippen LogP) is 3.24. The van der Waals surface area contributed by atoms with Crippen LogP contribution in [-0.2, 0) is 13.1 Å². The molecule has 4 aromatic rings.